The number of aliphatic carboxylic acids is 1. The Bertz CT molecular complexity index is 614. The van der Waals surface area contributed by atoms with Gasteiger partial charge in [0.05, 0.1) is 5.41 Å². The first-order valence-corrected chi connectivity index (χ1v) is 8.94. The second-order valence-electron chi connectivity index (χ2n) is 7.52. The highest BCUT2D eigenvalue weighted by molar-refractivity contribution is 5.75. The van der Waals surface area contributed by atoms with Crippen molar-refractivity contribution in [2.24, 2.45) is 5.41 Å². The fraction of sp³-hybridized carbons (Fsp3) is 0.632. The van der Waals surface area contributed by atoms with Gasteiger partial charge in [-0.3, -0.25) is 4.79 Å². The summed E-state index contributed by atoms with van der Waals surface area (Å²) in [5, 5.41) is 8.89. The fourth-order valence-electron chi connectivity index (χ4n) is 2.55. The first-order chi connectivity index (χ1) is 12.0. The van der Waals surface area contributed by atoms with Gasteiger partial charge in [0, 0.05) is 43.2 Å². The molecule has 1 aromatic rings. The Morgan fingerprint density at radius 3 is 2.31 bits per heavy atom. The summed E-state index contributed by atoms with van der Waals surface area (Å²) in [5.41, 5.74) is 5.75. The molecule has 3 N–H and O–H groups in total. The van der Waals surface area contributed by atoms with Crippen LogP contribution in [0.25, 0.3) is 0 Å². The van der Waals surface area contributed by atoms with Crippen LogP contribution in [0.2, 0.25) is 0 Å². The Morgan fingerprint density at radius 1 is 1.31 bits per heavy atom. The summed E-state index contributed by atoms with van der Waals surface area (Å²) < 4.78 is 5.62. The zero-order valence-corrected chi connectivity index (χ0v) is 16.5. The molecule has 0 unspecified atom stereocenters. The van der Waals surface area contributed by atoms with Crippen molar-refractivity contribution < 1.29 is 25.2 Å². The van der Waals surface area contributed by atoms with Crippen molar-refractivity contribution in [3.8, 4) is 0 Å². The molecular formula is C19H31N3O4. The quantitative estimate of drug-likeness (QED) is 0.779. The minimum absolute atomic E-state index is 0.0241. The second kappa shape index (κ2) is 9.52. The van der Waals surface area contributed by atoms with Crippen LogP contribution in [0.4, 0.5) is 5.82 Å². The van der Waals surface area contributed by atoms with Crippen LogP contribution in [-0.2, 0) is 20.9 Å². The molecule has 0 amide bonds. The molecule has 7 heteroatoms. The molecule has 1 aliphatic rings. The molecule has 146 valence electrons. The first-order valence-electron chi connectivity index (χ1n) is 8.94. The number of aryl methyl sites for hydroxylation is 1. The van der Waals surface area contributed by atoms with E-state index in [1.807, 2.05) is 33.8 Å². The third-order valence-corrected chi connectivity index (χ3v) is 3.99. The predicted octanol–water partition coefficient (Wildman–Crippen LogP) is 0.446. The molecule has 1 fully saturated rings. The van der Waals surface area contributed by atoms with Gasteiger partial charge in [0.1, 0.15) is 18.5 Å². The maximum atomic E-state index is 12.0. The number of quaternary nitrogens is 1. The standard InChI is InChI=1S/C17H27N3O2.C2H4O2/c1-12-5-6-13(11-18)15(19-12)20-9-7-14(8-10-20)22-16(21)17(2,3)4;1-2(3)4/h5-6,14H,7-11,18H2,1-4H3;1H3,(H,3,4). The highest BCUT2D eigenvalue weighted by atomic mass is 16.5. The average molecular weight is 365 g/mol. The molecule has 1 aromatic heterocycles. The third-order valence-electron chi connectivity index (χ3n) is 3.99. The number of carbonyl (C=O) groups is 2. The number of piperidine rings is 1. The molecular weight excluding hydrogens is 334 g/mol. The van der Waals surface area contributed by atoms with Crippen LogP contribution in [0.3, 0.4) is 0 Å². The van der Waals surface area contributed by atoms with Crippen molar-refractivity contribution in [1.82, 2.24) is 4.98 Å². The topological polar surface area (TPSA) is 110 Å². The van der Waals surface area contributed by atoms with Crippen LogP contribution in [0.15, 0.2) is 12.1 Å². The number of pyridine rings is 1. The zero-order valence-electron chi connectivity index (χ0n) is 16.5. The molecule has 0 spiro atoms. The van der Waals surface area contributed by atoms with Crippen LogP contribution in [0.5, 0.6) is 0 Å². The van der Waals surface area contributed by atoms with E-state index >= 15 is 0 Å². The molecule has 7 nitrogen and oxygen atoms in total. The van der Waals surface area contributed by atoms with Crippen LogP contribution in [0.1, 0.15) is 51.8 Å². The molecule has 26 heavy (non-hydrogen) atoms. The van der Waals surface area contributed by atoms with Crippen LogP contribution < -0.4 is 15.7 Å². The van der Waals surface area contributed by atoms with E-state index in [1.54, 1.807) is 0 Å². The van der Waals surface area contributed by atoms with Gasteiger partial charge in [-0.05, 0) is 46.8 Å². The number of nitrogens with zero attached hydrogens (tertiary/aromatic N) is 2. The lowest BCUT2D eigenvalue weighted by molar-refractivity contribution is -0.386. The highest BCUT2D eigenvalue weighted by Crippen LogP contribution is 2.25. The summed E-state index contributed by atoms with van der Waals surface area (Å²) in [7, 11) is 0. The fourth-order valence-corrected chi connectivity index (χ4v) is 2.55. The van der Waals surface area contributed by atoms with Crippen molar-refractivity contribution in [2.75, 3.05) is 18.0 Å². The van der Waals surface area contributed by atoms with E-state index in [1.165, 1.54) is 5.56 Å². The van der Waals surface area contributed by atoms with E-state index in [0.29, 0.717) is 0 Å². The van der Waals surface area contributed by atoms with Gasteiger partial charge in [-0.2, -0.15) is 0 Å². The average Bonchev–Trinajstić information content (AvgIpc) is 2.54. The lowest BCUT2D eigenvalue weighted by Crippen LogP contribution is -2.48. The van der Waals surface area contributed by atoms with E-state index in [-0.39, 0.29) is 12.1 Å². The van der Waals surface area contributed by atoms with Gasteiger partial charge >= 0.3 is 5.97 Å². The number of ether oxygens (including phenoxy) is 1. The SMILES string of the molecule is CC(=O)[O-].Cc1ccc(C[NH3+])c(N2CCC(OC(=O)C(C)(C)C)CC2)n1. The number of anilines is 1. The van der Waals surface area contributed by atoms with Gasteiger partial charge in [-0.15, -0.1) is 0 Å². The number of hydrogen-bond acceptors (Lipinski definition) is 6. The zero-order chi connectivity index (χ0) is 19.9. The molecule has 0 aromatic carbocycles. The third kappa shape index (κ3) is 7.00. The van der Waals surface area contributed by atoms with Gasteiger partial charge in [-0.1, -0.05) is 0 Å². The molecule has 0 aliphatic carbocycles. The van der Waals surface area contributed by atoms with Crippen molar-refractivity contribution in [2.45, 2.75) is 60.1 Å². The first kappa shape index (κ1) is 21.9. The van der Waals surface area contributed by atoms with Gasteiger partial charge in [0.25, 0.3) is 0 Å². The molecule has 0 saturated carbocycles. The number of carboxylic acid groups (broad SMARTS) is 1. The van der Waals surface area contributed by atoms with Gasteiger partial charge in [-0.25, -0.2) is 4.98 Å². The summed E-state index contributed by atoms with van der Waals surface area (Å²) in [6.45, 7) is 11.1. The summed E-state index contributed by atoms with van der Waals surface area (Å²) in [4.78, 5) is 27.8. The van der Waals surface area contributed by atoms with Gasteiger partial charge < -0.3 is 25.3 Å². The lowest BCUT2D eigenvalue weighted by Gasteiger charge is -2.34. The number of aromatic nitrogens is 1. The van der Waals surface area contributed by atoms with Crippen LogP contribution >= 0.6 is 0 Å². The summed E-state index contributed by atoms with van der Waals surface area (Å²) in [6, 6.07) is 4.14. The Hall–Kier alpha value is -2.15. The van der Waals surface area contributed by atoms with Crippen LogP contribution in [0, 0.1) is 12.3 Å². The van der Waals surface area contributed by atoms with Gasteiger partial charge in [0.15, 0.2) is 0 Å². The molecule has 0 bridgehead atoms. The molecule has 0 atom stereocenters. The van der Waals surface area contributed by atoms with E-state index in [4.69, 9.17) is 14.6 Å². The van der Waals surface area contributed by atoms with E-state index in [2.05, 4.69) is 21.7 Å². The smallest absolute Gasteiger partial charge is 0.311 e. The highest BCUT2D eigenvalue weighted by Gasteiger charge is 2.29. The molecule has 1 aliphatic heterocycles. The number of carboxylic acids is 1. The number of carbonyl (C=O) groups excluding carboxylic acids is 2. The maximum absolute atomic E-state index is 12.0. The van der Waals surface area contributed by atoms with Gasteiger partial charge in [0.2, 0.25) is 0 Å². The Kier molecular flexibility index (Phi) is 8.02. The lowest BCUT2D eigenvalue weighted by atomic mass is 9.97. The molecule has 2 rings (SSSR count). The molecule has 1 saturated heterocycles. The maximum Gasteiger partial charge on any atom is 0.311 e. The number of hydrogen-bond donors (Lipinski definition) is 1. The number of rotatable bonds is 3. The Morgan fingerprint density at radius 2 is 1.85 bits per heavy atom. The van der Waals surface area contributed by atoms with E-state index in [9.17, 15) is 4.79 Å². The normalized spacial score (nSPS) is 15.1. The molecule has 0 radical (unpaired) electrons. The summed E-state index contributed by atoms with van der Waals surface area (Å²) >= 11 is 0. The predicted molar refractivity (Wildman–Crippen MR) is 97.0 cm³/mol. The Labute approximate surface area is 155 Å². The van der Waals surface area contributed by atoms with E-state index in [0.717, 1.165) is 50.9 Å². The van der Waals surface area contributed by atoms with Crippen molar-refractivity contribution in [1.29, 1.82) is 0 Å². The van der Waals surface area contributed by atoms with Crippen LogP contribution in [-0.4, -0.2) is 36.1 Å². The molecule has 2 heterocycles. The van der Waals surface area contributed by atoms with E-state index < -0.39 is 11.4 Å². The monoisotopic (exact) mass is 365 g/mol. The largest absolute Gasteiger partial charge is 0.550 e. The van der Waals surface area contributed by atoms with Crippen molar-refractivity contribution >= 4 is 17.8 Å². The van der Waals surface area contributed by atoms with Crippen molar-refractivity contribution in [3.63, 3.8) is 0 Å². The second-order valence-corrected chi connectivity index (χ2v) is 7.52. The minimum atomic E-state index is -1.08. The number of esters is 1. The summed E-state index contributed by atoms with van der Waals surface area (Å²) in [5.74, 6) is -0.159. The van der Waals surface area contributed by atoms with Crippen molar-refractivity contribution in [3.05, 3.63) is 23.4 Å². The Balaban J connectivity index is 0.000000765. The minimum Gasteiger partial charge on any atom is -0.550 e. The summed E-state index contributed by atoms with van der Waals surface area (Å²) in [6.07, 6.45) is 1.73.